The summed E-state index contributed by atoms with van der Waals surface area (Å²) < 4.78 is 6.02. The van der Waals surface area contributed by atoms with Crippen LogP contribution in [0.25, 0.3) is 0 Å². The number of carbonyl (C=O) groups is 1. The fraction of sp³-hybridized carbons (Fsp3) is 0.531. The van der Waals surface area contributed by atoms with Crippen molar-refractivity contribution in [2.75, 3.05) is 32.7 Å². The fourth-order valence-electron chi connectivity index (χ4n) is 7.63. The number of benzene rings is 2. The Bertz CT molecular complexity index is 1050. The number of hydrogen-bond donors (Lipinski definition) is 0. The second kappa shape index (κ2) is 9.79. The Morgan fingerprint density at radius 1 is 0.972 bits per heavy atom. The molecule has 1 saturated carbocycles. The minimum Gasteiger partial charge on any atom is -0.461 e. The summed E-state index contributed by atoms with van der Waals surface area (Å²) >= 11 is 0. The Hall–Kier alpha value is -2.43. The highest BCUT2D eigenvalue weighted by atomic mass is 16.6. The predicted molar refractivity (Wildman–Crippen MR) is 143 cm³/mol. The van der Waals surface area contributed by atoms with Crippen LogP contribution in [0.4, 0.5) is 0 Å². The van der Waals surface area contributed by atoms with Gasteiger partial charge in [0.05, 0.1) is 12.0 Å². The lowest BCUT2D eigenvalue weighted by molar-refractivity contribution is -0.145. The van der Waals surface area contributed by atoms with Crippen LogP contribution >= 0.6 is 0 Å². The van der Waals surface area contributed by atoms with Crippen molar-refractivity contribution in [3.8, 4) is 0 Å². The Labute approximate surface area is 216 Å². The van der Waals surface area contributed by atoms with Crippen molar-refractivity contribution in [1.29, 1.82) is 0 Å². The third-order valence-electron chi connectivity index (χ3n) is 9.54. The number of ether oxygens (including phenoxy) is 1. The molecule has 2 aliphatic carbocycles. The topological polar surface area (TPSA) is 32.8 Å². The van der Waals surface area contributed by atoms with Crippen LogP contribution in [-0.4, -0.2) is 54.6 Å². The maximum Gasteiger partial charge on any atom is 0.311 e. The number of nitrogens with zero attached hydrogens (tertiary/aromatic N) is 2. The van der Waals surface area contributed by atoms with Gasteiger partial charge in [0.15, 0.2) is 0 Å². The lowest BCUT2D eigenvalue weighted by Gasteiger charge is -2.46. The molecule has 0 bridgehead atoms. The van der Waals surface area contributed by atoms with E-state index < -0.39 is 0 Å². The van der Waals surface area contributed by atoms with Crippen LogP contribution in [0.2, 0.25) is 0 Å². The first-order valence-corrected chi connectivity index (χ1v) is 14.0. The molecule has 0 unspecified atom stereocenters. The van der Waals surface area contributed by atoms with E-state index in [1.807, 2.05) is 0 Å². The first-order valence-electron chi connectivity index (χ1n) is 14.0. The van der Waals surface area contributed by atoms with Gasteiger partial charge < -0.3 is 4.74 Å². The molecular formula is C32H40N2O2. The zero-order valence-corrected chi connectivity index (χ0v) is 21.8. The molecule has 2 aliphatic heterocycles. The molecule has 36 heavy (non-hydrogen) atoms. The van der Waals surface area contributed by atoms with Crippen molar-refractivity contribution in [3.63, 3.8) is 0 Å². The van der Waals surface area contributed by atoms with Crippen LogP contribution in [0.15, 0.2) is 72.3 Å². The molecule has 0 aromatic heterocycles. The summed E-state index contributed by atoms with van der Waals surface area (Å²) in [6.45, 7) is 9.58. The molecule has 6 rings (SSSR count). The molecule has 2 aromatic rings. The average Bonchev–Trinajstić information content (AvgIpc) is 3.18. The van der Waals surface area contributed by atoms with Gasteiger partial charge in [-0.2, -0.15) is 0 Å². The highest BCUT2D eigenvalue weighted by molar-refractivity contribution is 5.76. The van der Waals surface area contributed by atoms with E-state index in [0.29, 0.717) is 5.92 Å². The normalized spacial score (nSPS) is 33.1. The van der Waals surface area contributed by atoms with Gasteiger partial charge in [-0.05, 0) is 41.7 Å². The molecule has 2 heterocycles. The van der Waals surface area contributed by atoms with Gasteiger partial charge in [0.2, 0.25) is 0 Å². The molecule has 0 spiro atoms. The highest BCUT2D eigenvalue weighted by Crippen LogP contribution is 2.54. The number of rotatable bonds is 5. The minimum absolute atomic E-state index is 0.0215. The van der Waals surface area contributed by atoms with Gasteiger partial charge in [-0.25, -0.2) is 0 Å². The van der Waals surface area contributed by atoms with Crippen LogP contribution in [0.3, 0.4) is 0 Å². The zero-order valence-electron chi connectivity index (χ0n) is 21.8. The standard InChI is InChI=1S/C32H40N2O2/c1-23-10-9-15-32(2)21-29-26(20-28(23)32)27(31(35)36-29)22-33-16-18-34(19-17-33)30(24-11-5-3-6-12-24)25-13-7-4-8-14-25/h3-8,11-14,20,23,26-27,29-30H,9-10,15-19,21-22H2,1-2H3/t23-,26+,27-,29-,32+/m1/s1. The molecule has 0 N–H and O–H groups in total. The number of carbonyl (C=O) groups excluding carboxylic acids is 1. The second-order valence-corrected chi connectivity index (χ2v) is 11.9. The van der Waals surface area contributed by atoms with Crippen molar-refractivity contribution in [1.82, 2.24) is 9.80 Å². The summed E-state index contributed by atoms with van der Waals surface area (Å²) in [7, 11) is 0. The van der Waals surface area contributed by atoms with Gasteiger partial charge in [-0.1, -0.05) is 92.6 Å². The smallest absolute Gasteiger partial charge is 0.311 e. The third kappa shape index (κ3) is 4.43. The van der Waals surface area contributed by atoms with Gasteiger partial charge >= 0.3 is 5.97 Å². The second-order valence-electron chi connectivity index (χ2n) is 11.9. The Morgan fingerprint density at radius 3 is 2.25 bits per heavy atom. The van der Waals surface area contributed by atoms with E-state index in [9.17, 15) is 4.79 Å². The quantitative estimate of drug-likeness (QED) is 0.402. The Balaban J connectivity index is 1.15. The van der Waals surface area contributed by atoms with E-state index in [1.54, 1.807) is 5.57 Å². The first kappa shape index (κ1) is 23.9. The van der Waals surface area contributed by atoms with Crippen LogP contribution in [0.1, 0.15) is 56.7 Å². The van der Waals surface area contributed by atoms with Crippen molar-refractivity contribution in [2.24, 2.45) is 23.2 Å². The summed E-state index contributed by atoms with van der Waals surface area (Å²) in [5.41, 5.74) is 4.52. The van der Waals surface area contributed by atoms with Crippen molar-refractivity contribution in [3.05, 3.63) is 83.4 Å². The zero-order chi connectivity index (χ0) is 24.7. The molecule has 0 radical (unpaired) electrons. The maximum atomic E-state index is 13.1. The molecular weight excluding hydrogens is 444 g/mol. The summed E-state index contributed by atoms with van der Waals surface area (Å²) in [5, 5.41) is 0. The number of fused-ring (bicyclic) bond motifs is 2. The molecule has 0 amide bonds. The largest absolute Gasteiger partial charge is 0.461 e. The molecule has 5 atom stereocenters. The van der Waals surface area contributed by atoms with E-state index in [1.165, 1.54) is 30.4 Å². The molecule has 2 aromatic carbocycles. The Kier molecular flexibility index (Phi) is 6.51. The summed E-state index contributed by atoms with van der Waals surface area (Å²) in [4.78, 5) is 18.2. The SMILES string of the molecule is C[C@@H]1CCC[C@@]2(C)C[C@H]3OC(=O)[C@H](CN4CCN(C(c5ccccc5)c5ccccc5)CC4)[C@@H]3C=C12. The third-order valence-corrected chi connectivity index (χ3v) is 9.54. The Morgan fingerprint density at radius 2 is 1.61 bits per heavy atom. The first-order chi connectivity index (χ1) is 17.5. The molecule has 3 fully saturated rings. The van der Waals surface area contributed by atoms with E-state index >= 15 is 0 Å². The maximum absolute atomic E-state index is 13.1. The number of hydrogen-bond acceptors (Lipinski definition) is 4. The number of allylic oxidation sites excluding steroid dienone is 1. The van der Waals surface area contributed by atoms with E-state index in [4.69, 9.17) is 4.74 Å². The average molecular weight is 485 g/mol. The van der Waals surface area contributed by atoms with E-state index in [0.717, 1.165) is 39.1 Å². The summed E-state index contributed by atoms with van der Waals surface area (Å²) in [5.74, 6) is 0.899. The van der Waals surface area contributed by atoms with E-state index in [2.05, 4.69) is 90.4 Å². The number of esters is 1. The van der Waals surface area contributed by atoms with Crippen LogP contribution in [0, 0.1) is 23.2 Å². The highest BCUT2D eigenvalue weighted by Gasteiger charge is 2.52. The fourth-order valence-corrected chi connectivity index (χ4v) is 7.63. The van der Waals surface area contributed by atoms with Crippen LogP contribution in [0.5, 0.6) is 0 Å². The van der Waals surface area contributed by atoms with Crippen molar-refractivity contribution in [2.45, 2.75) is 51.7 Å². The van der Waals surface area contributed by atoms with Crippen molar-refractivity contribution < 1.29 is 9.53 Å². The number of piperazine rings is 1. The molecule has 4 aliphatic rings. The molecule has 190 valence electrons. The molecule has 4 nitrogen and oxygen atoms in total. The minimum atomic E-state index is -0.0215. The van der Waals surface area contributed by atoms with Gasteiger partial charge in [0.1, 0.15) is 6.10 Å². The van der Waals surface area contributed by atoms with Crippen LogP contribution < -0.4 is 0 Å². The molecule has 4 heteroatoms. The van der Waals surface area contributed by atoms with Gasteiger partial charge in [-0.15, -0.1) is 0 Å². The summed E-state index contributed by atoms with van der Waals surface area (Å²) in [6, 6.07) is 22.0. The monoisotopic (exact) mass is 484 g/mol. The van der Waals surface area contributed by atoms with Crippen LogP contribution in [-0.2, 0) is 9.53 Å². The van der Waals surface area contributed by atoms with Gasteiger partial charge in [0.25, 0.3) is 0 Å². The van der Waals surface area contributed by atoms with Crippen molar-refractivity contribution >= 4 is 5.97 Å². The molecule has 2 saturated heterocycles. The predicted octanol–water partition coefficient (Wildman–Crippen LogP) is 5.71. The van der Waals surface area contributed by atoms with Gasteiger partial charge in [0, 0.05) is 38.6 Å². The lowest BCUT2D eigenvalue weighted by Crippen LogP contribution is -2.50. The van der Waals surface area contributed by atoms with Gasteiger partial charge in [-0.3, -0.25) is 14.6 Å². The summed E-state index contributed by atoms with van der Waals surface area (Å²) in [6.07, 6.45) is 7.39. The van der Waals surface area contributed by atoms with E-state index in [-0.39, 0.29) is 35.4 Å². The lowest BCUT2D eigenvalue weighted by atomic mass is 9.59.